The molecular weight excluding hydrogens is 232 g/mol. The van der Waals surface area contributed by atoms with Crippen LogP contribution in [-0.4, -0.2) is 15.7 Å². The first kappa shape index (κ1) is 14.1. The zero-order chi connectivity index (χ0) is 12.8. The average Bonchev–Trinajstić information content (AvgIpc) is 2.27. The standard InChI is InChI=1S/C14H20O2S/c1-4-12(3)14(15)10-17(16)9-13-7-5-6-11(2)8-13/h5-8,12H,4,9-10H2,1-3H3. The summed E-state index contributed by atoms with van der Waals surface area (Å²) < 4.78 is 11.8. The molecule has 1 rings (SSSR count). The van der Waals surface area contributed by atoms with E-state index in [1.165, 1.54) is 0 Å². The minimum atomic E-state index is -1.08. The van der Waals surface area contributed by atoms with E-state index in [2.05, 4.69) is 0 Å². The van der Waals surface area contributed by atoms with Crippen LogP contribution in [0.25, 0.3) is 0 Å². The van der Waals surface area contributed by atoms with E-state index in [1.807, 2.05) is 45.0 Å². The second-order valence-corrected chi connectivity index (χ2v) is 5.95. The number of carbonyl (C=O) groups excluding carboxylic acids is 1. The van der Waals surface area contributed by atoms with Gasteiger partial charge in [0.1, 0.15) is 5.78 Å². The number of carbonyl (C=O) groups is 1. The zero-order valence-corrected chi connectivity index (χ0v) is 11.5. The molecule has 0 spiro atoms. The highest BCUT2D eigenvalue weighted by atomic mass is 32.2. The molecule has 1 aromatic carbocycles. The van der Waals surface area contributed by atoms with Gasteiger partial charge in [0.25, 0.3) is 0 Å². The lowest BCUT2D eigenvalue weighted by Crippen LogP contribution is -2.18. The Bertz CT molecular complexity index is 412. The largest absolute Gasteiger partial charge is 0.298 e. The highest BCUT2D eigenvalue weighted by molar-refractivity contribution is 7.84. The van der Waals surface area contributed by atoms with E-state index < -0.39 is 10.8 Å². The lowest BCUT2D eigenvalue weighted by molar-refractivity contribution is -0.119. The van der Waals surface area contributed by atoms with Crippen LogP contribution in [0.1, 0.15) is 31.4 Å². The molecule has 0 bridgehead atoms. The van der Waals surface area contributed by atoms with Gasteiger partial charge in [-0.2, -0.15) is 0 Å². The fraction of sp³-hybridized carbons (Fsp3) is 0.500. The Labute approximate surface area is 106 Å². The predicted molar refractivity (Wildman–Crippen MR) is 72.4 cm³/mol. The summed E-state index contributed by atoms with van der Waals surface area (Å²) in [6.07, 6.45) is 0.820. The molecule has 0 saturated heterocycles. The van der Waals surface area contributed by atoms with Crippen LogP contribution in [0.3, 0.4) is 0 Å². The first-order chi connectivity index (χ1) is 8.02. The van der Waals surface area contributed by atoms with E-state index in [4.69, 9.17) is 0 Å². The number of rotatable bonds is 6. The van der Waals surface area contributed by atoms with Crippen molar-refractivity contribution in [2.75, 3.05) is 5.75 Å². The van der Waals surface area contributed by atoms with Crippen molar-refractivity contribution in [1.82, 2.24) is 0 Å². The van der Waals surface area contributed by atoms with Crippen LogP contribution in [0.2, 0.25) is 0 Å². The second kappa shape index (κ2) is 6.70. The molecule has 0 amide bonds. The fourth-order valence-corrected chi connectivity index (χ4v) is 2.82. The van der Waals surface area contributed by atoms with Crippen molar-refractivity contribution in [3.8, 4) is 0 Å². The molecule has 2 unspecified atom stereocenters. The van der Waals surface area contributed by atoms with Gasteiger partial charge in [-0.05, 0) is 18.9 Å². The minimum Gasteiger partial charge on any atom is -0.298 e. The predicted octanol–water partition coefficient (Wildman–Crippen LogP) is 2.86. The normalized spacial score (nSPS) is 14.3. The van der Waals surface area contributed by atoms with Gasteiger partial charge in [0.2, 0.25) is 0 Å². The molecular formula is C14H20O2S. The van der Waals surface area contributed by atoms with Crippen molar-refractivity contribution in [1.29, 1.82) is 0 Å². The fourth-order valence-electron chi connectivity index (χ4n) is 1.57. The molecule has 2 nitrogen and oxygen atoms in total. The summed E-state index contributed by atoms with van der Waals surface area (Å²) >= 11 is 0. The summed E-state index contributed by atoms with van der Waals surface area (Å²) in [4.78, 5) is 11.6. The lowest BCUT2D eigenvalue weighted by atomic mass is 10.1. The minimum absolute atomic E-state index is 0.0245. The van der Waals surface area contributed by atoms with E-state index >= 15 is 0 Å². The molecule has 0 N–H and O–H groups in total. The molecule has 1 aromatic rings. The molecule has 0 aliphatic carbocycles. The second-order valence-electron chi connectivity index (χ2n) is 4.49. The number of ketones is 1. The molecule has 0 fully saturated rings. The zero-order valence-electron chi connectivity index (χ0n) is 10.7. The maximum absolute atomic E-state index is 11.8. The van der Waals surface area contributed by atoms with Crippen LogP contribution >= 0.6 is 0 Å². The Morgan fingerprint density at radius 3 is 2.71 bits per heavy atom. The Morgan fingerprint density at radius 2 is 2.12 bits per heavy atom. The van der Waals surface area contributed by atoms with Crippen LogP contribution in [0, 0.1) is 12.8 Å². The quantitative estimate of drug-likeness (QED) is 0.780. The molecule has 0 aliphatic heterocycles. The lowest BCUT2D eigenvalue weighted by Gasteiger charge is -2.07. The molecule has 0 heterocycles. The highest BCUT2D eigenvalue weighted by Gasteiger charge is 2.14. The summed E-state index contributed by atoms with van der Waals surface area (Å²) in [5.74, 6) is 0.794. The maximum atomic E-state index is 11.8. The first-order valence-electron chi connectivity index (χ1n) is 5.96. The Kier molecular flexibility index (Phi) is 5.56. The van der Waals surface area contributed by atoms with Crippen LogP contribution in [-0.2, 0) is 21.3 Å². The molecule has 0 radical (unpaired) electrons. The van der Waals surface area contributed by atoms with Gasteiger partial charge in [-0.25, -0.2) is 0 Å². The monoisotopic (exact) mass is 252 g/mol. The van der Waals surface area contributed by atoms with E-state index in [1.54, 1.807) is 0 Å². The van der Waals surface area contributed by atoms with E-state index in [9.17, 15) is 9.00 Å². The van der Waals surface area contributed by atoms with Gasteiger partial charge in [-0.1, -0.05) is 43.7 Å². The van der Waals surface area contributed by atoms with Crippen molar-refractivity contribution >= 4 is 16.6 Å². The summed E-state index contributed by atoms with van der Waals surface area (Å²) in [6, 6.07) is 7.94. The number of hydrogen-bond donors (Lipinski definition) is 0. The maximum Gasteiger partial charge on any atom is 0.148 e. The van der Waals surface area contributed by atoms with Gasteiger partial charge < -0.3 is 0 Å². The number of Topliss-reactive ketones (excluding diaryl/α,β-unsaturated/α-hetero) is 1. The average molecular weight is 252 g/mol. The van der Waals surface area contributed by atoms with Crippen molar-refractivity contribution in [3.63, 3.8) is 0 Å². The summed E-state index contributed by atoms with van der Waals surface area (Å²) in [6.45, 7) is 5.88. The van der Waals surface area contributed by atoms with Gasteiger partial charge in [0.15, 0.2) is 0 Å². The molecule has 0 saturated carbocycles. The van der Waals surface area contributed by atoms with Crippen LogP contribution in [0.5, 0.6) is 0 Å². The van der Waals surface area contributed by atoms with E-state index in [0.29, 0.717) is 5.75 Å². The topological polar surface area (TPSA) is 34.1 Å². The van der Waals surface area contributed by atoms with Gasteiger partial charge in [0, 0.05) is 22.5 Å². The molecule has 17 heavy (non-hydrogen) atoms. The van der Waals surface area contributed by atoms with E-state index in [0.717, 1.165) is 17.5 Å². The molecule has 94 valence electrons. The van der Waals surface area contributed by atoms with Gasteiger partial charge in [-0.15, -0.1) is 0 Å². The van der Waals surface area contributed by atoms with Gasteiger partial charge >= 0.3 is 0 Å². The Morgan fingerprint density at radius 1 is 1.41 bits per heavy atom. The summed E-state index contributed by atoms with van der Waals surface area (Å²) in [5, 5.41) is 0. The number of aryl methyl sites for hydroxylation is 1. The van der Waals surface area contributed by atoms with Crippen molar-refractivity contribution in [3.05, 3.63) is 35.4 Å². The van der Waals surface area contributed by atoms with Crippen LogP contribution in [0.15, 0.2) is 24.3 Å². The van der Waals surface area contributed by atoms with Crippen molar-refractivity contribution in [2.24, 2.45) is 5.92 Å². The number of hydrogen-bond acceptors (Lipinski definition) is 2. The Balaban J connectivity index is 2.53. The van der Waals surface area contributed by atoms with Gasteiger partial charge in [-0.3, -0.25) is 9.00 Å². The van der Waals surface area contributed by atoms with E-state index in [-0.39, 0.29) is 17.5 Å². The molecule has 3 heteroatoms. The van der Waals surface area contributed by atoms with Crippen molar-refractivity contribution < 1.29 is 9.00 Å². The highest BCUT2D eigenvalue weighted by Crippen LogP contribution is 2.09. The molecule has 2 atom stereocenters. The Hall–Kier alpha value is -0.960. The molecule has 0 aromatic heterocycles. The van der Waals surface area contributed by atoms with Crippen LogP contribution < -0.4 is 0 Å². The van der Waals surface area contributed by atoms with Crippen LogP contribution in [0.4, 0.5) is 0 Å². The molecule has 0 aliphatic rings. The smallest absolute Gasteiger partial charge is 0.148 e. The van der Waals surface area contributed by atoms with Crippen molar-refractivity contribution in [2.45, 2.75) is 32.9 Å². The summed E-state index contributed by atoms with van der Waals surface area (Å²) in [5.41, 5.74) is 2.20. The number of benzene rings is 1. The third-order valence-corrected chi connectivity index (χ3v) is 4.14. The SMILES string of the molecule is CCC(C)C(=O)CS(=O)Cc1cccc(C)c1. The van der Waals surface area contributed by atoms with Gasteiger partial charge in [0.05, 0.1) is 5.75 Å². The first-order valence-corrected chi connectivity index (χ1v) is 7.45. The summed E-state index contributed by atoms with van der Waals surface area (Å²) in [7, 11) is -1.08. The third-order valence-electron chi connectivity index (χ3n) is 2.88. The third kappa shape index (κ3) is 4.82.